The Labute approximate surface area is 157 Å². The van der Waals surface area contributed by atoms with Crippen molar-refractivity contribution in [3.8, 4) is 0 Å². The maximum Gasteiger partial charge on any atom is 0.271 e. The van der Waals surface area contributed by atoms with E-state index < -0.39 is 17.7 Å². The first-order valence-corrected chi connectivity index (χ1v) is 7.94. The molecule has 0 aliphatic rings. The van der Waals surface area contributed by atoms with E-state index in [1.165, 1.54) is 36.5 Å². The minimum atomic E-state index is -0.651. The molecule has 10 heteroatoms. The molecule has 25 heavy (non-hydrogen) atoms. The fourth-order valence-corrected chi connectivity index (χ4v) is 2.22. The van der Waals surface area contributed by atoms with Gasteiger partial charge < -0.3 is 5.32 Å². The summed E-state index contributed by atoms with van der Waals surface area (Å²) in [4.78, 5) is 39.3. The Morgan fingerprint density at radius 3 is 2.36 bits per heavy atom. The molecule has 0 atom stereocenters. The van der Waals surface area contributed by atoms with Crippen LogP contribution in [0.3, 0.4) is 0 Å². The first-order valence-electron chi connectivity index (χ1n) is 6.81. The first-order chi connectivity index (χ1) is 11.9. The van der Waals surface area contributed by atoms with Crippen molar-refractivity contribution in [3.05, 3.63) is 62.9 Å². The molecule has 7 nitrogen and oxygen atoms in total. The van der Waals surface area contributed by atoms with Crippen LogP contribution in [0.1, 0.15) is 20.8 Å². The second-order valence-corrected chi connectivity index (χ2v) is 5.95. The Morgan fingerprint density at radius 2 is 1.64 bits per heavy atom. The van der Waals surface area contributed by atoms with Gasteiger partial charge in [0, 0.05) is 16.2 Å². The number of nitrogens with one attached hydrogen (secondary N) is 3. The van der Waals surface area contributed by atoms with Crippen LogP contribution >= 0.6 is 34.8 Å². The summed E-state index contributed by atoms with van der Waals surface area (Å²) >= 11 is 17.4. The maximum absolute atomic E-state index is 11.9. The van der Waals surface area contributed by atoms with Crippen LogP contribution in [0.25, 0.3) is 0 Å². The van der Waals surface area contributed by atoms with Crippen molar-refractivity contribution in [1.82, 2.24) is 21.2 Å². The second-order valence-electron chi connectivity index (χ2n) is 4.67. The third kappa shape index (κ3) is 5.60. The van der Waals surface area contributed by atoms with Gasteiger partial charge in [-0.3, -0.25) is 30.2 Å². The molecule has 0 bridgehead atoms. The molecular weight excluding hydrogens is 391 g/mol. The number of hydrazine groups is 1. The highest BCUT2D eigenvalue weighted by Crippen LogP contribution is 2.20. The van der Waals surface area contributed by atoms with Gasteiger partial charge in [-0.25, -0.2) is 0 Å². The monoisotopic (exact) mass is 400 g/mol. The van der Waals surface area contributed by atoms with Crippen molar-refractivity contribution < 1.29 is 14.4 Å². The summed E-state index contributed by atoms with van der Waals surface area (Å²) in [5.41, 5.74) is 4.48. The minimum absolute atomic E-state index is 0.0649. The van der Waals surface area contributed by atoms with Gasteiger partial charge in [0.05, 0.1) is 17.1 Å². The SMILES string of the molecule is O=C(CNC(=O)c1cc(Cl)ccn1)NNC(=O)c1cc(Cl)ccc1Cl. The van der Waals surface area contributed by atoms with Crippen LogP contribution in [0, 0.1) is 0 Å². The molecule has 0 saturated heterocycles. The molecular formula is C15H11Cl3N4O3. The smallest absolute Gasteiger partial charge is 0.271 e. The molecule has 3 amide bonds. The van der Waals surface area contributed by atoms with E-state index in [-0.39, 0.29) is 22.8 Å². The van der Waals surface area contributed by atoms with Crippen molar-refractivity contribution in [2.45, 2.75) is 0 Å². The van der Waals surface area contributed by atoms with Gasteiger partial charge in [-0.05, 0) is 30.3 Å². The number of aromatic nitrogens is 1. The molecule has 130 valence electrons. The van der Waals surface area contributed by atoms with Gasteiger partial charge in [-0.1, -0.05) is 34.8 Å². The standard InChI is InChI=1S/C15H11Cl3N4O3/c16-8-1-2-11(18)10(5-8)14(24)22-21-13(23)7-20-15(25)12-6-9(17)3-4-19-12/h1-6H,7H2,(H,20,25)(H,21,23)(H,22,24). The summed E-state index contributed by atoms with van der Waals surface area (Å²) in [7, 11) is 0. The van der Waals surface area contributed by atoms with Gasteiger partial charge >= 0.3 is 0 Å². The fourth-order valence-electron chi connectivity index (χ4n) is 1.69. The van der Waals surface area contributed by atoms with Crippen molar-refractivity contribution in [3.63, 3.8) is 0 Å². The fraction of sp³-hybridized carbons (Fsp3) is 0.0667. The minimum Gasteiger partial charge on any atom is -0.342 e. The van der Waals surface area contributed by atoms with E-state index in [0.717, 1.165) is 0 Å². The Bertz CT molecular complexity index is 829. The molecule has 2 rings (SSSR count). The van der Waals surface area contributed by atoms with Crippen molar-refractivity contribution >= 4 is 52.5 Å². The summed E-state index contributed by atoms with van der Waals surface area (Å²) in [5.74, 6) is -1.88. The molecule has 3 N–H and O–H groups in total. The highest BCUT2D eigenvalue weighted by atomic mass is 35.5. The van der Waals surface area contributed by atoms with E-state index in [2.05, 4.69) is 21.2 Å². The third-order valence-corrected chi connectivity index (χ3v) is 3.65. The van der Waals surface area contributed by atoms with Gasteiger partial charge in [0.25, 0.3) is 17.7 Å². The van der Waals surface area contributed by atoms with Crippen molar-refractivity contribution in [2.75, 3.05) is 6.54 Å². The van der Waals surface area contributed by atoms with Gasteiger partial charge in [0.15, 0.2) is 0 Å². The topological polar surface area (TPSA) is 100 Å². The Hall–Kier alpha value is -2.35. The first kappa shape index (κ1) is 19.0. The van der Waals surface area contributed by atoms with Gasteiger partial charge in [0.1, 0.15) is 5.69 Å². The third-order valence-electron chi connectivity index (χ3n) is 2.85. The van der Waals surface area contributed by atoms with Crippen LogP contribution in [0.15, 0.2) is 36.5 Å². The number of amides is 3. The highest BCUT2D eigenvalue weighted by molar-refractivity contribution is 6.35. The van der Waals surface area contributed by atoms with E-state index >= 15 is 0 Å². The van der Waals surface area contributed by atoms with Crippen molar-refractivity contribution in [1.29, 1.82) is 0 Å². The van der Waals surface area contributed by atoms with Crippen LogP contribution in [0.5, 0.6) is 0 Å². The zero-order chi connectivity index (χ0) is 18.4. The average Bonchev–Trinajstić information content (AvgIpc) is 2.59. The molecule has 2 aromatic rings. The molecule has 1 aromatic carbocycles. The van der Waals surface area contributed by atoms with Crippen LogP contribution in [-0.2, 0) is 4.79 Å². The normalized spacial score (nSPS) is 10.0. The van der Waals surface area contributed by atoms with Crippen LogP contribution in [0.2, 0.25) is 15.1 Å². The van der Waals surface area contributed by atoms with Crippen LogP contribution in [0.4, 0.5) is 0 Å². The molecule has 0 spiro atoms. The zero-order valence-electron chi connectivity index (χ0n) is 12.5. The van der Waals surface area contributed by atoms with Gasteiger partial charge in [-0.15, -0.1) is 0 Å². The maximum atomic E-state index is 11.9. The van der Waals surface area contributed by atoms with Gasteiger partial charge in [-0.2, -0.15) is 0 Å². The lowest BCUT2D eigenvalue weighted by Gasteiger charge is -2.09. The summed E-state index contributed by atoms with van der Waals surface area (Å²) in [5, 5.41) is 3.18. The van der Waals surface area contributed by atoms with E-state index in [9.17, 15) is 14.4 Å². The number of pyridine rings is 1. The summed E-state index contributed by atoms with van der Waals surface area (Å²) in [6.45, 7) is -0.378. The van der Waals surface area contributed by atoms with E-state index in [1.807, 2.05) is 0 Å². The average molecular weight is 402 g/mol. The Morgan fingerprint density at radius 1 is 0.920 bits per heavy atom. The predicted molar refractivity (Wildman–Crippen MR) is 93.7 cm³/mol. The van der Waals surface area contributed by atoms with E-state index in [0.29, 0.717) is 10.0 Å². The summed E-state index contributed by atoms with van der Waals surface area (Å²) in [6, 6.07) is 7.22. The lowest BCUT2D eigenvalue weighted by atomic mass is 10.2. The van der Waals surface area contributed by atoms with Crippen molar-refractivity contribution in [2.24, 2.45) is 0 Å². The number of benzene rings is 1. The number of hydrogen-bond acceptors (Lipinski definition) is 4. The number of carbonyl (C=O) groups excluding carboxylic acids is 3. The quantitative estimate of drug-likeness (QED) is 0.684. The second kappa shape index (κ2) is 8.66. The molecule has 0 aliphatic carbocycles. The Kier molecular flexibility index (Phi) is 6.58. The Balaban J connectivity index is 1.83. The van der Waals surface area contributed by atoms with E-state index in [4.69, 9.17) is 34.8 Å². The lowest BCUT2D eigenvalue weighted by molar-refractivity contribution is -0.120. The number of halogens is 3. The summed E-state index contributed by atoms with van der Waals surface area (Å²) in [6.07, 6.45) is 1.37. The number of hydrogen-bond donors (Lipinski definition) is 3. The molecule has 0 saturated carbocycles. The predicted octanol–water partition coefficient (Wildman–Crippen LogP) is 2.23. The molecule has 1 heterocycles. The number of rotatable bonds is 4. The zero-order valence-corrected chi connectivity index (χ0v) is 14.7. The molecule has 0 radical (unpaired) electrons. The molecule has 0 aliphatic heterocycles. The van der Waals surface area contributed by atoms with Crippen LogP contribution < -0.4 is 16.2 Å². The van der Waals surface area contributed by atoms with Crippen LogP contribution in [-0.4, -0.2) is 29.3 Å². The highest BCUT2D eigenvalue weighted by Gasteiger charge is 2.13. The summed E-state index contributed by atoms with van der Waals surface area (Å²) < 4.78 is 0. The van der Waals surface area contributed by atoms with E-state index in [1.54, 1.807) is 0 Å². The number of carbonyl (C=O) groups is 3. The largest absolute Gasteiger partial charge is 0.342 e. The molecule has 1 aromatic heterocycles. The number of nitrogens with zero attached hydrogens (tertiary/aromatic N) is 1. The lowest BCUT2D eigenvalue weighted by Crippen LogP contribution is -2.46. The molecule has 0 unspecified atom stereocenters. The van der Waals surface area contributed by atoms with Gasteiger partial charge in [0.2, 0.25) is 0 Å². The molecule has 0 fully saturated rings.